The number of pyridine rings is 1. The van der Waals surface area contributed by atoms with Gasteiger partial charge in [0.2, 0.25) is 11.8 Å². The molecule has 1 atom stereocenters. The van der Waals surface area contributed by atoms with E-state index in [0.29, 0.717) is 19.4 Å². The first kappa shape index (κ1) is 15.2. The van der Waals surface area contributed by atoms with Crippen molar-refractivity contribution in [3.05, 3.63) is 42.1 Å². The molecule has 120 valence electrons. The van der Waals surface area contributed by atoms with E-state index >= 15 is 0 Å². The SMILES string of the molecule is Cc1nccn1-c1ccc(CNC(=O)C2CCC(=O)N2C)cn1. The van der Waals surface area contributed by atoms with E-state index in [4.69, 9.17) is 0 Å². The van der Waals surface area contributed by atoms with E-state index in [2.05, 4.69) is 15.3 Å². The highest BCUT2D eigenvalue weighted by Gasteiger charge is 2.32. The van der Waals surface area contributed by atoms with Crippen LogP contribution in [-0.2, 0) is 16.1 Å². The number of carbonyl (C=O) groups is 2. The summed E-state index contributed by atoms with van der Waals surface area (Å²) in [5.74, 6) is 1.56. The number of likely N-dealkylation sites (N-methyl/N-ethyl adjacent to an activating group) is 1. The number of aromatic nitrogens is 3. The molecule has 1 fully saturated rings. The lowest BCUT2D eigenvalue weighted by Crippen LogP contribution is -2.42. The Kier molecular flexibility index (Phi) is 4.10. The lowest BCUT2D eigenvalue weighted by molar-refractivity contribution is -0.133. The van der Waals surface area contributed by atoms with E-state index in [1.807, 2.05) is 29.8 Å². The van der Waals surface area contributed by atoms with Crippen LogP contribution in [0.5, 0.6) is 0 Å². The lowest BCUT2D eigenvalue weighted by Gasteiger charge is -2.19. The highest BCUT2D eigenvalue weighted by Crippen LogP contribution is 2.16. The molecule has 3 rings (SSSR count). The molecule has 0 aromatic carbocycles. The second-order valence-corrected chi connectivity index (χ2v) is 5.65. The van der Waals surface area contributed by atoms with Gasteiger partial charge < -0.3 is 10.2 Å². The average molecular weight is 313 g/mol. The summed E-state index contributed by atoms with van der Waals surface area (Å²) in [6.07, 6.45) is 6.34. The van der Waals surface area contributed by atoms with Crippen LogP contribution in [0.3, 0.4) is 0 Å². The summed E-state index contributed by atoms with van der Waals surface area (Å²) < 4.78 is 1.89. The Labute approximate surface area is 134 Å². The van der Waals surface area contributed by atoms with Crippen LogP contribution in [0.2, 0.25) is 0 Å². The molecule has 3 heterocycles. The number of nitrogens with zero attached hydrogens (tertiary/aromatic N) is 4. The van der Waals surface area contributed by atoms with Gasteiger partial charge in [0.05, 0.1) is 0 Å². The predicted molar refractivity (Wildman–Crippen MR) is 83.7 cm³/mol. The van der Waals surface area contributed by atoms with Crippen molar-refractivity contribution in [1.29, 1.82) is 0 Å². The Morgan fingerprint density at radius 3 is 2.78 bits per heavy atom. The van der Waals surface area contributed by atoms with Gasteiger partial charge in [0.25, 0.3) is 0 Å². The zero-order valence-electron chi connectivity index (χ0n) is 13.2. The third-order valence-electron chi connectivity index (χ3n) is 4.14. The molecular formula is C16H19N5O2. The molecule has 1 unspecified atom stereocenters. The van der Waals surface area contributed by atoms with Crippen molar-refractivity contribution in [1.82, 2.24) is 24.8 Å². The molecule has 0 bridgehead atoms. The minimum Gasteiger partial charge on any atom is -0.350 e. The molecule has 7 heteroatoms. The minimum atomic E-state index is -0.358. The number of carbonyl (C=O) groups excluding carboxylic acids is 2. The highest BCUT2D eigenvalue weighted by atomic mass is 16.2. The summed E-state index contributed by atoms with van der Waals surface area (Å²) >= 11 is 0. The number of aryl methyl sites for hydroxylation is 1. The number of hydrogen-bond donors (Lipinski definition) is 1. The van der Waals surface area contributed by atoms with Gasteiger partial charge >= 0.3 is 0 Å². The van der Waals surface area contributed by atoms with Crippen molar-refractivity contribution in [3.8, 4) is 5.82 Å². The summed E-state index contributed by atoms with van der Waals surface area (Å²) in [6.45, 7) is 2.31. The Morgan fingerprint density at radius 2 is 2.22 bits per heavy atom. The van der Waals surface area contributed by atoms with Crippen LogP contribution in [0.15, 0.2) is 30.7 Å². The maximum Gasteiger partial charge on any atom is 0.243 e. The topological polar surface area (TPSA) is 80.1 Å². The molecule has 1 aliphatic rings. The minimum absolute atomic E-state index is 0.0203. The largest absolute Gasteiger partial charge is 0.350 e. The maximum atomic E-state index is 12.1. The van der Waals surface area contributed by atoms with Crippen LogP contribution >= 0.6 is 0 Å². The zero-order valence-corrected chi connectivity index (χ0v) is 13.2. The molecule has 1 saturated heterocycles. The van der Waals surface area contributed by atoms with E-state index in [1.165, 1.54) is 4.90 Å². The third-order valence-corrected chi connectivity index (χ3v) is 4.14. The second kappa shape index (κ2) is 6.20. The fourth-order valence-corrected chi connectivity index (χ4v) is 2.70. The van der Waals surface area contributed by atoms with Crippen molar-refractivity contribution in [3.63, 3.8) is 0 Å². The van der Waals surface area contributed by atoms with Gasteiger partial charge in [-0.15, -0.1) is 0 Å². The number of imidazole rings is 1. The lowest BCUT2D eigenvalue weighted by atomic mass is 10.2. The van der Waals surface area contributed by atoms with Gasteiger partial charge in [-0.2, -0.15) is 0 Å². The Bertz CT molecular complexity index is 722. The number of amides is 2. The smallest absolute Gasteiger partial charge is 0.243 e. The van der Waals surface area contributed by atoms with Gasteiger partial charge in [0.15, 0.2) is 0 Å². The number of rotatable bonds is 4. The number of likely N-dealkylation sites (tertiary alicyclic amines) is 1. The van der Waals surface area contributed by atoms with Crippen LogP contribution in [-0.4, -0.2) is 44.3 Å². The van der Waals surface area contributed by atoms with E-state index in [-0.39, 0.29) is 17.9 Å². The molecule has 0 saturated carbocycles. The summed E-state index contributed by atoms with van der Waals surface area (Å²) in [5.41, 5.74) is 0.909. The molecule has 0 spiro atoms. The molecule has 1 N–H and O–H groups in total. The molecule has 2 aromatic heterocycles. The normalized spacial score (nSPS) is 17.6. The molecule has 2 amide bonds. The van der Waals surface area contributed by atoms with E-state index in [1.54, 1.807) is 19.4 Å². The highest BCUT2D eigenvalue weighted by molar-refractivity contribution is 5.90. The first-order valence-electron chi connectivity index (χ1n) is 7.55. The van der Waals surface area contributed by atoms with Gasteiger partial charge in [-0.1, -0.05) is 6.07 Å². The van der Waals surface area contributed by atoms with E-state index < -0.39 is 0 Å². The monoisotopic (exact) mass is 313 g/mol. The van der Waals surface area contributed by atoms with Crippen molar-refractivity contribution < 1.29 is 9.59 Å². The molecule has 23 heavy (non-hydrogen) atoms. The van der Waals surface area contributed by atoms with Crippen LogP contribution in [0, 0.1) is 6.92 Å². The standard InChI is InChI=1S/C16H19N5O2/c1-11-17-7-8-21(11)14-5-3-12(9-18-14)10-19-16(23)13-4-6-15(22)20(13)2/h3,5,7-9,13H,4,6,10H2,1-2H3,(H,19,23). The first-order valence-corrected chi connectivity index (χ1v) is 7.55. The summed E-state index contributed by atoms with van der Waals surface area (Å²) in [6, 6.07) is 3.45. The van der Waals surface area contributed by atoms with Crippen LogP contribution in [0.1, 0.15) is 24.2 Å². The fraction of sp³-hybridized carbons (Fsp3) is 0.375. The van der Waals surface area contributed by atoms with Crippen molar-refractivity contribution in [2.24, 2.45) is 0 Å². The number of nitrogens with one attached hydrogen (secondary N) is 1. The average Bonchev–Trinajstić information content (AvgIpc) is 3.12. The summed E-state index contributed by atoms with van der Waals surface area (Å²) in [7, 11) is 1.67. The van der Waals surface area contributed by atoms with Gasteiger partial charge in [-0.3, -0.25) is 14.2 Å². The Morgan fingerprint density at radius 1 is 1.39 bits per heavy atom. The zero-order chi connectivity index (χ0) is 16.4. The van der Waals surface area contributed by atoms with Crippen LogP contribution in [0.4, 0.5) is 0 Å². The van der Waals surface area contributed by atoms with Crippen LogP contribution < -0.4 is 5.32 Å². The molecule has 7 nitrogen and oxygen atoms in total. The van der Waals surface area contributed by atoms with E-state index in [0.717, 1.165) is 17.2 Å². The van der Waals surface area contributed by atoms with Crippen LogP contribution in [0.25, 0.3) is 5.82 Å². The van der Waals surface area contributed by atoms with Crippen molar-refractivity contribution in [2.75, 3.05) is 7.05 Å². The Hall–Kier alpha value is -2.70. The number of hydrogen-bond acceptors (Lipinski definition) is 4. The fourth-order valence-electron chi connectivity index (χ4n) is 2.70. The van der Waals surface area contributed by atoms with Gasteiger partial charge in [-0.25, -0.2) is 9.97 Å². The van der Waals surface area contributed by atoms with Gasteiger partial charge in [0.1, 0.15) is 17.7 Å². The quantitative estimate of drug-likeness (QED) is 0.906. The molecule has 2 aromatic rings. The molecule has 0 aliphatic carbocycles. The maximum absolute atomic E-state index is 12.1. The van der Waals surface area contributed by atoms with Crippen molar-refractivity contribution >= 4 is 11.8 Å². The van der Waals surface area contributed by atoms with Gasteiger partial charge in [0, 0.05) is 38.6 Å². The molecule has 1 aliphatic heterocycles. The summed E-state index contributed by atoms with van der Waals surface area (Å²) in [4.78, 5) is 33.7. The summed E-state index contributed by atoms with van der Waals surface area (Å²) in [5, 5.41) is 2.87. The van der Waals surface area contributed by atoms with Crippen molar-refractivity contribution in [2.45, 2.75) is 32.4 Å². The first-order chi connectivity index (χ1) is 11.1. The van der Waals surface area contributed by atoms with E-state index in [9.17, 15) is 9.59 Å². The van der Waals surface area contributed by atoms with Gasteiger partial charge in [-0.05, 0) is 25.0 Å². The molecule has 0 radical (unpaired) electrons. The molecular weight excluding hydrogens is 294 g/mol. The predicted octanol–water partition coefficient (Wildman–Crippen LogP) is 0.813. The third kappa shape index (κ3) is 3.08. The second-order valence-electron chi connectivity index (χ2n) is 5.65. The Balaban J connectivity index is 1.60.